The number of phosphoric acid groups is 3. The number of aromatic amines is 3. The van der Waals surface area contributed by atoms with Crippen molar-refractivity contribution in [3.63, 3.8) is 0 Å². The number of anilines is 3. The average molecular weight is 1300 g/mol. The van der Waals surface area contributed by atoms with E-state index in [4.69, 9.17) is 60.8 Å². The van der Waals surface area contributed by atoms with E-state index in [9.17, 15) is 46.1 Å². The number of morpholine rings is 2. The molecule has 0 spiro atoms. The van der Waals surface area contributed by atoms with Gasteiger partial charge in [0.25, 0.3) is 22.6 Å². The summed E-state index contributed by atoms with van der Waals surface area (Å²) >= 11 is 0. The number of phosphoric ester groups is 3. The number of rotatable bonds is 18. The molecule has 2 aliphatic heterocycles. The van der Waals surface area contributed by atoms with Crippen molar-refractivity contribution in [2.45, 2.75) is 44.4 Å². The van der Waals surface area contributed by atoms with Crippen LogP contribution in [0.4, 0.5) is 17.8 Å². The van der Waals surface area contributed by atoms with Gasteiger partial charge in [0.1, 0.15) is 12.3 Å². The van der Waals surface area contributed by atoms with Crippen molar-refractivity contribution in [3.05, 3.63) is 50.0 Å². The summed E-state index contributed by atoms with van der Waals surface area (Å²) in [5, 5.41) is 0. The smallest absolute Gasteiger partial charge is 1.00 e. The molecule has 0 bridgehead atoms. The quantitative estimate of drug-likeness (QED) is 0.0164. The molecule has 0 saturated carbocycles. The third kappa shape index (κ3) is 23.5. The molecule has 17 N–H and O–H groups in total. The predicted molar refractivity (Wildman–Crippen MR) is 291 cm³/mol. The third-order valence-corrected chi connectivity index (χ3v) is 12.8. The molecule has 2 fully saturated rings. The fraction of sp³-hybridized carbons (Fsp3) is 0.541. The Hall–Kier alpha value is -5.19. The molecule has 85 heavy (non-hydrogen) atoms. The molecule has 471 valence electrons. The van der Waals surface area contributed by atoms with Gasteiger partial charge in [-0.1, -0.05) is 12.4 Å². The summed E-state index contributed by atoms with van der Waals surface area (Å²) in [6, 6.07) is 0. The summed E-state index contributed by atoms with van der Waals surface area (Å²) in [4.78, 5) is 141. The minimum Gasteiger partial charge on any atom is -1.00 e. The Labute approximate surface area is 505 Å². The van der Waals surface area contributed by atoms with Crippen LogP contribution in [0.25, 0.3) is 33.5 Å². The van der Waals surface area contributed by atoms with Crippen LogP contribution >= 0.6 is 23.5 Å². The molecule has 6 aromatic heterocycles. The van der Waals surface area contributed by atoms with Crippen LogP contribution in [0.2, 0.25) is 0 Å². The number of hydrogen-bond donors (Lipinski definition) is 13. The largest absolute Gasteiger partial charge is 1.00 e. The van der Waals surface area contributed by atoms with Crippen LogP contribution in [0.1, 0.15) is 27.5 Å². The zero-order valence-corrected chi connectivity index (χ0v) is 50.9. The van der Waals surface area contributed by atoms with Gasteiger partial charge >= 0.3 is 69.1 Å². The Balaban J connectivity index is 0.00000115. The number of ether oxygens (including phenoxy) is 3. The molecular formula is C37H65BN18NaO24P3S+. The SMILES string of the molecule is C.CN.CN1CC([n+]2cn(C)c3c(=O)[nH]c(N)nc32)O[C@H](COP(=O)(O)O)C1.CN1CC(n2cnc3c(=O)[nH]c(N)nc32)O[C@H](COP(=O)(O)O)C1.COS(=O)(=O)OC.Nc1nc2c(ncn2C(C=O)O[C@@H](C=O)COP(=O)(O)O)c(=O)[nH]1.[B].[H-].[Na+]. The number of carbonyl (C=O) groups excluding carboxylic acids is 2. The summed E-state index contributed by atoms with van der Waals surface area (Å²) in [6.07, 6.45) is -0.533. The number of aryl methyl sites for hydroxylation is 1. The number of hydrogen-bond acceptors (Lipinski definition) is 29. The minimum absolute atomic E-state index is 0. The van der Waals surface area contributed by atoms with Gasteiger partial charge in [-0.25, -0.2) is 28.2 Å². The van der Waals surface area contributed by atoms with Crippen LogP contribution in [0.3, 0.4) is 0 Å². The molecule has 3 radical (unpaired) electrons. The number of likely N-dealkylation sites (N-methyl/N-ethyl adjacent to an activating group) is 2. The Morgan fingerprint density at radius 3 is 1.71 bits per heavy atom. The Kier molecular flexibility index (Phi) is 31.0. The second-order valence-electron chi connectivity index (χ2n) is 16.6. The first kappa shape index (κ1) is 77.8. The van der Waals surface area contributed by atoms with Crippen LogP contribution in [0, 0.1) is 0 Å². The molecule has 6 atom stereocenters. The molecule has 8 rings (SSSR count). The molecule has 3 unspecified atom stereocenters. The summed E-state index contributed by atoms with van der Waals surface area (Å²) < 4.78 is 95.8. The molecular weight excluding hydrogens is 1240 g/mol. The van der Waals surface area contributed by atoms with Crippen LogP contribution in [-0.4, -0.2) is 222 Å². The number of aromatic nitrogens is 12. The van der Waals surface area contributed by atoms with Crippen molar-refractivity contribution in [3.8, 4) is 0 Å². The predicted octanol–water partition coefficient (Wildman–Crippen LogP) is -8.73. The van der Waals surface area contributed by atoms with E-state index in [0.717, 1.165) is 25.1 Å². The van der Waals surface area contributed by atoms with Crippen molar-refractivity contribution in [1.82, 2.24) is 63.4 Å². The number of H-pyrrole nitrogens is 3. The molecule has 2 aliphatic rings. The summed E-state index contributed by atoms with van der Waals surface area (Å²) in [5.74, 6) is -0.279. The first-order chi connectivity index (χ1) is 38.2. The van der Waals surface area contributed by atoms with Gasteiger partial charge in [-0.05, 0) is 21.1 Å². The normalized spacial score (nSPS) is 18.2. The molecule has 42 nitrogen and oxygen atoms in total. The van der Waals surface area contributed by atoms with Gasteiger partial charge < -0.3 is 72.7 Å². The fourth-order valence-electron chi connectivity index (χ4n) is 7.30. The van der Waals surface area contributed by atoms with Gasteiger partial charge in [-0.3, -0.25) is 79.6 Å². The van der Waals surface area contributed by atoms with Crippen LogP contribution in [-0.2, 0) is 76.9 Å². The Morgan fingerprint density at radius 1 is 0.741 bits per heavy atom. The van der Waals surface area contributed by atoms with E-state index in [1.54, 1.807) is 27.1 Å². The maximum atomic E-state index is 12.1. The van der Waals surface area contributed by atoms with E-state index in [0.29, 0.717) is 37.3 Å². The maximum absolute atomic E-state index is 12.1. The van der Waals surface area contributed by atoms with E-state index in [-0.39, 0.29) is 118 Å². The van der Waals surface area contributed by atoms with Gasteiger partial charge in [0.15, 0.2) is 53.7 Å². The topological polar surface area (TPSA) is 607 Å². The first-order valence-corrected chi connectivity index (χ1v) is 28.6. The van der Waals surface area contributed by atoms with E-state index < -0.39 is 88.6 Å². The van der Waals surface area contributed by atoms with Crippen LogP contribution < -0.4 is 73.7 Å². The van der Waals surface area contributed by atoms with E-state index >= 15 is 0 Å². The van der Waals surface area contributed by atoms with E-state index in [1.807, 2.05) is 23.9 Å². The maximum Gasteiger partial charge on any atom is 1.00 e. The number of carbonyl (C=O) groups is 2. The summed E-state index contributed by atoms with van der Waals surface area (Å²) in [5.41, 5.74) is 20.6. The van der Waals surface area contributed by atoms with Gasteiger partial charge in [-0.15, -0.1) is 0 Å². The Bertz CT molecular complexity index is 3590. The van der Waals surface area contributed by atoms with Gasteiger partial charge in [0.2, 0.25) is 17.4 Å². The number of aldehydes is 2. The first-order valence-electron chi connectivity index (χ1n) is 22.7. The second kappa shape index (κ2) is 33.8. The number of nitrogens with one attached hydrogen (secondary N) is 3. The number of imidazole rings is 3. The van der Waals surface area contributed by atoms with E-state index in [2.05, 4.69) is 67.5 Å². The minimum atomic E-state index is -4.82. The third-order valence-electron chi connectivity index (χ3n) is 10.5. The fourth-order valence-corrected chi connectivity index (χ4v) is 8.50. The van der Waals surface area contributed by atoms with E-state index in [1.165, 1.54) is 13.4 Å². The van der Waals surface area contributed by atoms with Crippen molar-refractivity contribution in [2.75, 3.05) is 98.6 Å². The molecule has 6 aromatic rings. The average Bonchev–Trinajstić information content (AvgIpc) is 2.14. The van der Waals surface area contributed by atoms with Crippen molar-refractivity contribution in [1.29, 1.82) is 0 Å². The number of nitrogens with zero attached hydrogens (tertiary/aromatic N) is 11. The molecule has 8 heterocycles. The molecule has 2 saturated heterocycles. The number of nitrogens with two attached hydrogens (primary N) is 4. The molecule has 0 aromatic carbocycles. The Morgan fingerprint density at radius 2 is 1.21 bits per heavy atom. The zero-order valence-electron chi connectivity index (χ0n) is 46.4. The van der Waals surface area contributed by atoms with Crippen LogP contribution in [0.15, 0.2) is 33.4 Å². The van der Waals surface area contributed by atoms with Gasteiger partial charge in [0, 0.05) is 28.0 Å². The summed E-state index contributed by atoms with van der Waals surface area (Å²) in [6.45, 7) is 0.509. The van der Waals surface area contributed by atoms with Crippen LogP contribution in [0.5, 0.6) is 0 Å². The number of nitrogen functional groups attached to an aromatic ring is 3. The zero-order chi connectivity index (χ0) is 61.7. The monoisotopic (exact) mass is 1300 g/mol. The van der Waals surface area contributed by atoms with Gasteiger partial charge in [0.05, 0.1) is 72.5 Å². The molecule has 48 heteroatoms. The standard InChI is InChI=1S/C12H19N6O6P.C11H17N6O6P.C10H12N5O8P.C2H6O4S.CH5N.CH4.B.Na.H/c1-16-3-7(5-23-25(20,21)22)24-8(4-16)18-6-17(2)9-10(18)14-12(13)15-11(9)19;1-16-2-6(4-22-24(19,20)21)23-7(3-16)17-5-13-8-9(17)14-11(12)15-10(8)18;11-10-13-8-7(9(18)14-10)12-4-15(8)6(2-17)23-5(1-16)3-22-24(19,20)21;1-5-7(3,4)6-2;1-2;;;;/h6-8H,3-5H2,1-2H3,(H4-,13,14,15,19,20,21,22);5-7H,2-4H2,1H3,(H2,19,20,21)(H3,12,14,15,18);1-2,4-6H,3H2,(H2,19,20,21)(H3,11,13,14,18);1-2H3;2H2,1H3;1H4;;;/q;;;;;;;+1;-1/p+1/t7-,8?;6-,7?;5-,6?;;;;;;/m000....../s1. The van der Waals surface area contributed by atoms with Crippen molar-refractivity contribution in [2.24, 2.45) is 12.8 Å². The molecule has 0 aliphatic carbocycles. The summed E-state index contributed by atoms with van der Waals surface area (Å²) in [7, 11) is -8.70. The molecule has 0 amide bonds. The van der Waals surface area contributed by atoms with Crippen molar-refractivity contribution < 1.29 is 133 Å². The number of fused-ring (bicyclic) bond motifs is 3. The van der Waals surface area contributed by atoms with Gasteiger partial charge in [-0.2, -0.15) is 18.4 Å². The second-order valence-corrected chi connectivity index (χ2v) is 21.8. The van der Waals surface area contributed by atoms with Crippen molar-refractivity contribution >= 4 is 106 Å².